The van der Waals surface area contributed by atoms with E-state index >= 15 is 0 Å². The normalized spacial score (nSPS) is 15.0. The van der Waals surface area contributed by atoms with Crippen molar-refractivity contribution >= 4 is 11.8 Å². The summed E-state index contributed by atoms with van der Waals surface area (Å²) in [4.78, 5) is 9.00. The second-order valence-corrected chi connectivity index (χ2v) is 6.46. The van der Waals surface area contributed by atoms with Crippen LogP contribution in [0.2, 0.25) is 0 Å². The van der Waals surface area contributed by atoms with Crippen LogP contribution in [-0.2, 0) is 6.54 Å². The van der Waals surface area contributed by atoms with Crippen molar-refractivity contribution in [3.8, 4) is 34.0 Å². The predicted octanol–water partition coefficient (Wildman–Crippen LogP) is 3.45. The van der Waals surface area contributed by atoms with E-state index in [1.165, 1.54) is 0 Å². The van der Waals surface area contributed by atoms with Gasteiger partial charge in [-0.1, -0.05) is 11.8 Å². The SMILES string of the molecule is c1cc(-c2c(-c3ccc4c(c3)OCO4)nc3n2CCS3)ccn1. The van der Waals surface area contributed by atoms with E-state index in [2.05, 4.69) is 9.55 Å². The molecule has 23 heavy (non-hydrogen) atoms. The Morgan fingerprint density at radius 1 is 1.00 bits per heavy atom. The molecule has 2 aliphatic heterocycles. The Labute approximate surface area is 137 Å². The maximum atomic E-state index is 5.51. The van der Waals surface area contributed by atoms with Gasteiger partial charge in [-0.05, 0) is 30.3 Å². The summed E-state index contributed by atoms with van der Waals surface area (Å²) in [5.74, 6) is 2.64. The minimum atomic E-state index is 0.283. The zero-order chi connectivity index (χ0) is 15.2. The Bertz CT molecular complexity index is 892. The lowest BCUT2D eigenvalue weighted by Gasteiger charge is -2.08. The van der Waals surface area contributed by atoms with Crippen molar-refractivity contribution in [2.45, 2.75) is 11.7 Å². The number of fused-ring (bicyclic) bond motifs is 2. The molecular formula is C17H13N3O2S. The van der Waals surface area contributed by atoms with Crippen LogP contribution in [0.5, 0.6) is 11.5 Å². The van der Waals surface area contributed by atoms with Gasteiger partial charge in [0.05, 0.1) is 11.4 Å². The molecule has 0 amide bonds. The highest BCUT2D eigenvalue weighted by Gasteiger charge is 2.25. The molecule has 0 saturated heterocycles. The predicted molar refractivity (Wildman–Crippen MR) is 87.7 cm³/mol. The van der Waals surface area contributed by atoms with Gasteiger partial charge in [-0.25, -0.2) is 4.98 Å². The van der Waals surface area contributed by atoms with E-state index in [4.69, 9.17) is 14.5 Å². The molecule has 0 N–H and O–H groups in total. The van der Waals surface area contributed by atoms with Crippen molar-refractivity contribution in [2.75, 3.05) is 12.5 Å². The summed E-state index contributed by atoms with van der Waals surface area (Å²) in [7, 11) is 0. The lowest BCUT2D eigenvalue weighted by Crippen LogP contribution is -1.97. The van der Waals surface area contributed by atoms with E-state index in [9.17, 15) is 0 Å². The largest absolute Gasteiger partial charge is 0.454 e. The van der Waals surface area contributed by atoms with E-state index < -0.39 is 0 Å². The molecule has 0 unspecified atom stereocenters. The van der Waals surface area contributed by atoms with Crippen LogP contribution in [0.15, 0.2) is 47.9 Å². The summed E-state index contributed by atoms with van der Waals surface area (Å²) in [6.45, 7) is 1.26. The van der Waals surface area contributed by atoms with Crippen LogP contribution < -0.4 is 9.47 Å². The first-order valence-electron chi connectivity index (χ1n) is 7.44. The molecule has 0 bridgehead atoms. The van der Waals surface area contributed by atoms with Crippen molar-refractivity contribution in [1.82, 2.24) is 14.5 Å². The lowest BCUT2D eigenvalue weighted by molar-refractivity contribution is 0.174. The van der Waals surface area contributed by atoms with Crippen LogP contribution in [-0.4, -0.2) is 27.1 Å². The van der Waals surface area contributed by atoms with Gasteiger partial charge in [0.15, 0.2) is 16.7 Å². The molecule has 2 aliphatic rings. The fourth-order valence-electron chi connectivity index (χ4n) is 3.03. The van der Waals surface area contributed by atoms with Crippen LogP contribution in [0.1, 0.15) is 0 Å². The lowest BCUT2D eigenvalue weighted by atomic mass is 10.1. The molecule has 2 aromatic heterocycles. The van der Waals surface area contributed by atoms with Gasteiger partial charge in [-0.15, -0.1) is 0 Å². The molecule has 0 fully saturated rings. The maximum absolute atomic E-state index is 5.51. The molecule has 4 heterocycles. The van der Waals surface area contributed by atoms with Crippen molar-refractivity contribution in [1.29, 1.82) is 0 Å². The van der Waals surface area contributed by atoms with Crippen LogP contribution in [0, 0.1) is 0 Å². The molecule has 0 aliphatic carbocycles. The zero-order valence-electron chi connectivity index (χ0n) is 12.2. The summed E-state index contributed by atoms with van der Waals surface area (Å²) in [5.41, 5.74) is 4.31. The maximum Gasteiger partial charge on any atom is 0.231 e. The summed E-state index contributed by atoms with van der Waals surface area (Å²) >= 11 is 1.80. The Balaban J connectivity index is 1.72. The fourth-order valence-corrected chi connectivity index (χ4v) is 3.98. The van der Waals surface area contributed by atoms with Crippen LogP contribution in [0.25, 0.3) is 22.5 Å². The molecule has 0 spiro atoms. The zero-order valence-corrected chi connectivity index (χ0v) is 13.0. The molecule has 0 radical (unpaired) electrons. The summed E-state index contributed by atoms with van der Waals surface area (Å²) < 4.78 is 13.2. The second-order valence-electron chi connectivity index (χ2n) is 5.40. The smallest absolute Gasteiger partial charge is 0.231 e. The third kappa shape index (κ3) is 2.02. The van der Waals surface area contributed by atoms with Gasteiger partial charge in [0.1, 0.15) is 0 Å². The van der Waals surface area contributed by atoms with Gasteiger partial charge in [-0.3, -0.25) is 4.98 Å². The number of ether oxygens (including phenoxy) is 2. The van der Waals surface area contributed by atoms with Crippen molar-refractivity contribution in [3.63, 3.8) is 0 Å². The van der Waals surface area contributed by atoms with E-state index in [0.29, 0.717) is 0 Å². The summed E-state index contributed by atoms with van der Waals surface area (Å²) in [6.07, 6.45) is 3.64. The first-order chi connectivity index (χ1) is 11.4. The molecule has 5 nitrogen and oxygen atoms in total. The van der Waals surface area contributed by atoms with Gasteiger partial charge < -0.3 is 14.0 Å². The number of thioether (sulfide) groups is 1. The summed E-state index contributed by atoms with van der Waals surface area (Å²) in [6, 6.07) is 10.1. The Morgan fingerprint density at radius 2 is 1.87 bits per heavy atom. The molecule has 0 saturated carbocycles. The van der Waals surface area contributed by atoms with Gasteiger partial charge >= 0.3 is 0 Å². The van der Waals surface area contributed by atoms with Crippen molar-refractivity contribution in [2.24, 2.45) is 0 Å². The second kappa shape index (κ2) is 5.03. The Kier molecular flexibility index (Phi) is 2.84. The third-order valence-electron chi connectivity index (χ3n) is 4.08. The molecule has 1 aromatic carbocycles. The minimum absolute atomic E-state index is 0.283. The topological polar surface area (TPSA) is 49.2 Å². The van der Waals surface area contributed by atoms with Gasteiger partial charge in [0.2, 0.25) is 6.79 Å². The molecular weight excluding hydrogens is 310 g/mol. The van der Waals surface area contributed by atoms with Crippen LogP contribution in [0.4, 0.5) is 0 Å². The number of hydrogen-bond donors (Lipinski definition) is 0. The monoisotopic (exact) mass is 323 g/mol. The van der Waals surface area contributed by atoms with E-state index in [0.717, 1.165) is 51.5 Å². The first kappa shape index (κ1) is 13.0. The highest BCUT2D eigenvalue weighted by molar-refractivity contribution is 7.99. The van der Waals surface area contributed by atoms with Crippen molar-refractivity contribution < 1.29 is 9.47 Å². The molecule has 3 aromatic rings. The number of rotatable bonds is 2. The van der Waals surface area contributed by atoms with Crippen LogP contribution >= 0.6 is 11.8 Å². The third-order valence-corrected chi connectivity index (χ3v) is 5.03. The van der Waals surface area contributed by atoms with Crippen molar-refractivity contribution in [3.05, 3.63) is 42.7 Å². The number of hydrogen-bond acceptors (Lipinski definition) is 5. The summed E-state index contributed by atoms with van der Waals surface area (Å²) in [5, 5.41) is 1.07. The highest BCUT2D eigenvalue weighted by atomic mass is 32.2. The molecule has 114 valence electrons. The average molecular weight is 323 g/mol. The number of nitrogens with zero attached hydrogens (tertiary/aromatic N) is 3. The number of imidazole rings is 1. The standard InChI is InChI=1S/C17H13N3O2S/c1-2-13-14(22-10-21-13)9-12(1)15-16(11-3-5-18-6-4-11)20-7-8-23-17(20)19-15/h1-6,9H,7-8,10H2. The Hall–Kier alpha value is -2.47. The molecule has 0 atom stereocenters. The number of aromatic nitrogens is 3. The van der Waals surface area contributed by atoms with Gasteiger partial charge in [0, 0.05) is 35.8 Å². The highest BCUT2D eigenvalue weighted by Crippen LogP contribution is 2.42. The van der Waals surface area contributed by atoms with Crippen LogP contribution in [0.3, 0.4) is 0 Å². The van der Waals surface area contributed by atoms with E-state index in [-0.39, 0.29) is 6.79 Å². The average Bonchev–Trinajstić information content (AvgIpc) is 3.29. The first-order valence-corrected chi connectivity index (χ1v) is 8.42. The molecule has 6 heteroatoms. The van der Waals surface area contributed by atoms with Gasteiger partial charge in [-0.2, -0.15) is 0 Å². The minimum Gasteiger partial charge on any atom is -0.454 e. The van der Waals surface area contributed by atoms with Gasteiger partial charge in [0.25, 0.3) is 0 Å². The number of pyridine rings is 1. The quantitative estimate of drug-likeness (QED) is 0.723. The fraction of sp³-hybridized carbons (Fsp3) is 0.176. The van der Waals surface area contributed by atoms with E-state index in [1.807, 2.05) is 42.7 Å². The number of benzene rings is 1. The van der Waals surface area contributed by atoms with E-state index in [1.54, 1.807) is 11.8 Å². The Morgan fingerprint density at radius 3 is 2.78 bits per heavy atom. The molecule has 5 rings (SSSR count).